The molecule has 0 aliphatic rings. The molecule has 0 radical (unpaired) electrons. The first kappa shape index (κ1) is 21.4. The molecule has 0 aromatic heterocycles. The third-order valence-corrected chi connectivity index (χ3v) is 2.00. The van der Waals surface area contributed by atoms with Gasteiger partial charge >= 0.3 is 6.09 Å². The Kier molecular flexibility index (Phi) is 21.9. The highest BCUT2D eigenvalue weighted by Crippen LogP contribution is 1.82. The highest BCUT2D eigenvalue weighted by Gasteiger charge is 1.98. The molecule has 0 fully saturated rings. The number of hydrogen-bond donors (Lipinski definition) is 2. The maximum absolute atomic E-state index is 10.9. The van der Waals surface area contributed by atoms with Crippen molar-refractivity contribution in [3.05, 3.63) is 0 Å². The van der Waals surface area contributed by atoms with E-state index in [2.05, 4.69) is 17.6 Å². The van der Waals surface area contributed by atoms with Crippen molar-refractivity contribution in [3.63, 3.8) is 0 Å². The second-order valence-corrected chi connectivity index (χ2v) is 3.64. The van der Waals surface area contributed by atoms with Crippen LogP contribution in [0.15, 0.2) is 0 Å². The minimum absolute atomic E-state index is 0. The van der Waals surface area contributed by atoms with Crippen LogP contribution in [-0.4, -0.2) is 58.8 Å². The fourth-order valence-electron chi connectivity index (χ4n) is 1.16. The highest BCUT2D eigenvalue weighted by atomic mass is 16.6. The molecule has 0 unspecified atom stereocenters. The molecule has 0 rings (SSSR count). The molecule has 0 bridgehead atoms. The zero-order valence-electron chi connectivity index (χ0n) is 13.5. The summed E-state index contributed by atoms with van der Waals surface area (Å²) in [5, 5.41) is 5.77. The van der Waals surface area contributed by atoms with E-state index < -0.39 is 6.09 Å². The van der Waals surface area contributed by atoms with E-state index in [1.165, 1.54) is 0 Å². The third kappa shape index (κ3) is 19.5. The number of carbonyl (C=O) groups excluding carboxylic acids is 1. The van der Waals surface area contributed by atoms with Crippen molar-refractivity contribution in [3.8, 4) is 0 Å². The molecule has 0 aliphatic heterocycles. The Bertz CT molecular complexity index is 202. The summed E-state index contributed by atoms with van der Waals surface area (Å²) < 4.78 is 15.4. The summed E-state index contributed by atoms with van der Waals surface area (Å²) in [7, 11) is 0. The van der Waals surface area contributed by atoms with Gasteiger partial charge < -0.3 is 24.8 Å². The first-order valence-corrected chi connectivity index (χ1v) is 7.58. The lowest BCUT2D eigenvalue weighted by Gasteiger charge is -2.07. The molecular weight excluding hydrogens is 260 g/mol. The minimum Gasteiger partial charge on any atom is -0.447 e. The summed E-state index contributed by atoms with van der Waals surface area (Å²) in [5.74, 6) is 0. The van der Waals surface area contributed by atoms with Gasteiger partial charge in [0.25, 0.3) is 0 Å². The number of ether oxygens (including phenoxy) is 3. The van der Waals surface area contributed by atoms with Crippen LogP contribution in [0.25, 0.3) is 0 Å². The molecule has 20 heavy (non-hydrogen) atoms. The van der Waals surface area contributed by atoms with Crippen molar-refractivity contribution >= 4 is 6.09 Å². The van der Waals surface area contributed by atoms with Gasteiger partial charge in [-0.05, 0) is 19.9 Å². The molecule has 0 saturated carbocycles. The zero-order valence-corrected chi connectivity index (χ0v) is 13.5. The van der Waals surface area contributed by atoms with Crippen LogP contribution in [-0.2, 0) is 14.2 Å². The molecule has 0 aliphatic carbocycles. The standard InChI is InChI=1S/C12H26N2O4.C2H6.2H2/c1-3-5-13-6-7-16-8-9-17-10-11-18-12(15)14-4-2;1-2;;/h13H,3-11H2,1-2H3,(H,14,15);1-2H3;2*1H. The maximum atomic E-state index is 10.9. The van der Waals surface area contributed by atoms with Crippen LogP contribution in [0.1, 0.15) is 37.0 Å². The SMILES string of the molecule is CC.CCCNCCOCCOCCOC(=O)NCC.[HH].[HH]. The van der Waals surface area contributed by atoms with Crippen molar-refractivity contribution in [1.29, 1.82) is 0 Å². The van der Waals surface area contributed by atoms with Gasteiger partial charge in [-0.15, -0.1) is 0 Å². The summed E-state index contributed by atoms with van der Waals surface area (Å²) in [6.45, 7) is 12.9. The van der Waals surface area contributed by atoms with E-state index in [1.807, 2.05) is 20.8 Å². The van der Waals surface area contributed by atoms with Crippen LogP contribution in [0.3, 0.4) is 0 Å². The molecule has 0 heterocycles. The van der Waals surface area contributed by atoms with E-state index in [9.17, 15) is 4.79 Å². The molecule has 6 nitrogen and oxygen atoms in total. The van der Waals surface area contributed by atoms with Gasteiger partial charge in [0.05, 0.1) is 26.4 Å². The van der Waals surface area contributed by atoms with Crippen molar-refractivity contribution in [2.75, 3.05) is 52.7 Å². The summed E-state index contributed by atoms with van der Waals surface area (Å²) >= 11 is 0. The average molecular weight is 296 g/mol. The topological polar surface area (TPSA) is 68.8 Å². The Labute approximate surface area is 126 Å². The number of carbonyl (C=O) groups is 1. The Morgan fingerprint density at radius 2 is 1.55 bits per heavy atom. The van der Waals surface area contributed by atoms with E-state index in [-0.39, 0.29) is 9.46 Å². The molecule has 1 amide bonds. The van der Waals surface area contributed by atoms with Gasteiger partial charge in [0.1, 0.15) is 6.61 Å². The molecule has 2 N–H and O–H groups in total. The van der Waals surface area contributed by atoms with Gasteiger partial charge in [0, 0.05) is 15.9 Å². The van der Waals surface area contributed by atoms with E-state index in [0.29, 0.717) is 33.0 Å². The van der Waals surface area contributed by atoms with Gasteiger partial charge in [-0.3, -0.25) is 0 Å². The monoisotopic (exact) mass is 296 g/mol. The summed E-state index contributed by atoms with van der Waals surface area (Å²) in [4.78, 5) is 10.9. The Hall–Kier alpha value is -0.850. The summed E-state index contributed by atoms with van der Waals surface area (Å²) in [6, 6.07) is 0. The lowest BCUT2D eigenvalue weighted by molar-refractivity contribution is 0.0290. The number of hydrogen-bond acceptors (Lipinski definition) is 5. The number of nitrogens with one attached hydrogen (secondary N) is 2. The van der Waals surface area contributed by atoms with Gasteiger partial charge in [-0.1, -0.05) is 20.8 Å². The van der Waals surface area contributed by atoms with E-state index in [0.717, 1.165) is 19.5 Å². The molecule has 0 atom stereocenters. The van der Waals surface area contributed by atoms with Gasteiger partial charge in [0.15, 0.2) is 0 Å². The second kappa shape index (κ2) is 20.5. The van der Waals surface area contributed by atoms with Crippen LogP contribution in [0.4, 0.5) is 4.79 Å². The zero-order chi connectivity index (χ0) is 15.5. The predicted octanol–water partition coefficient (Wildman–Crippen LogP) is 2.28. The predicted molar refractivity (Wildman–Crippen MR) is 85.4 cm³/mol. The lowest BCUT2D eigenvalue weighted by atomic mass is 10.5. The summed E-state index contributed by atoms with van der Waals surface area (Å²) in [6.07, 6.45) is 0.730. The Morgan fingerprint density at radius 1 is 0.950 bits per heavy atom. The average Bonchev–Trinajstić information content (AvgIpc) is 2.47. The number of rotatable bonds is 12. The van der Waals surface area contributed by atoms with Crippen LogP contribution >= 0.6 is 0 Å². The van der Waals surface area contributed by atoms with Crippen LogP contribution in [0.2, 0.25) is 0 Å². The van der Waals surface area contributed by atoms with E-state index in [4.69, 9.17) is 14.2 Å². The van der Waals surface area contributed by atoms with Crippen molar-refractivity contribution in [2.24, 2.45) is 0 Å². The van der Waals surface area contributed by atoms with Crippen LogP contribution in [0, 0.1) is 0 Å². The van der Waals surface area contributed by atoms with Gasteiger partial charge in [-0.2, -0.15) is 0 Å². The largest absolute Gasteiger partial charge is 0.447 e. The van der Waals surface area contributed by atoms with Crippen LogP contribution < -0.4 is 10.6 Å². The lowest BCUT2D eigenvalue weighted by Crippen LogP contribution is -2.25. The fourth-order valence-corrected chi connectivity index (χ4v) is 1.16. The fraction of sp³-hybridized carbons (Fsp3) is 0.929. The molecule has 0 aromatic carbocycles. The number of alkyl carbamates (subject to hydrolysis) is 1. The molecule has 0 aromatic rings. The quantitative estimate of drug-likeness (QED) is 0.541. The smallest absolute Gasteiger partial charge is 0.407 e. The molecule has 0 saturated heterocycles. The van der Waals surface area contributed by atoms with Crippen molar-refractivity contribution < 1.29 is 21.9 Å². The van der Waals surface area contributed by atoms with Crippen molar-refractivity contribution in [1.82, 2.24) is 10.6 Å². The molecule has 126 valence electrons. The third-order valence-electron chi connectivity index (χ3n) is 2.00. The van der Waals surface area contributed by atoms with Gasteiger partial charge in [-0.25, -0.2) is 4.79 Å². The number of amides is 1. The van der Waals surface area contributed by atoms with Crippen molar-refractivity contribution in [2.45, 2.75) is 34.1 Å². The van der Waals surface area contributed by atoms with Gasteiger partial charge in [0.2, 0.25) is 0 Å². The molecular formula is C14H36N2O4. The Morgan fingerprint density at radius 3 is 2.15 bits per heavy atom. The second-order valence-electron chi connectivity index (χ2n) is 3.64. The maximum Gasteiger partial charge on any atom is 0.407 e. The first-order chi connectivity index (χ1) is 9.81. The summed E-state index contributed by atoms with van der Waals surface area (Å²) in [5.41, 5.74) is 0. The van der Waals surface area contributed by atoms with E-state index in [1.54, 1.807) is 0 Å². The Balaban J connectivity index is -0.000000387. The van der Waals surface area contributed by atoms with Crippen LogP contribution in [0.5, 0.6) is 0 Å². The molecule has 0 spiro atoms. The minimum atomic E-state index is -0.403. The normalized spacial score (nSPS) is 9.60. The van der Waals surface area contributed by atoms with E-state index >= 15 is 0 Å². The molecule has 6 heteroatoms. The highest BCUT2D eigenvalue weighted by molar-refractivity contribution is 5.66. The first-order valence-electron chi connectivity index (χ1n) is 7.58.